The fourth-order valence-electron chi connectivity index (χ4n) is 5.44. The lowest BCUT2D eigenvalue weighted by Gasteiger charge is -2.07. The monoisotopic (exact) mass is 500 g/mol. The number of para-hydroxylation sites is 1. The normalized spacial score (nSPS) is 13.2. The van der Waals surface area contributed by atoms with Gasteiger partial charge in [0, 0.05) is 37.3 Å². The van der Waals surface area contributed by atoms with Crippen molar-refractivity contribution in [2.75, 3.05) is 0 Å². The van der Waals surface area contributed by atoms with Crippen LogP contribution in [0, 0.1) is 30.9 Å². The van der Waals surface area contributed by atoms with Gasteiger partial charge in [-0.25, -0.2) is 4.39 Å². The minimum atomic E-state index is -2.63. The first-order valence-corrected chi connectivity index (χ1v) is 12.2. The van der Waals surface area contributed by atoms with Gasteiger partial charge in [-0.2, -0.15) is 9.83 Å². The van der Waals surface area contributed by atoms with Crippen molar-refractivity contribution in [3.63, 3.8) is 0 Å². The number of aromatic nitrogens is 1. The SMILES string of the molecule is [2H]C([2H])([2H])c1cc(-c2c(C)ccc3c2oc2c(-c4ccc5c(c4)oc4ccccc45)ccc(C#N)c23)[n+](C)cc1F. The molecule has 0 saturated heterocycles. The van der Waals surface area contributed by atoms with E-state index in [4.69, 9.17) is 12.9 Å². The Morgan fingerprint density at radius 2 is 1.68 bits per heavy atom. The molecule has 0 fully saturated rings. The zero-order valence-electron chi connectivity index (χ0n) is 23.6. The summed E-state index contributed by atoms with van der Waals surface area (Å²) in [5.74, 6) is -0.805. The summed E-state index contributed by atoms with van der Waals surface area (Å²) in [7, 11) is 1.66. The van der Waals surface area contributed by atoms with E-state index in [1.807, 2.05) is 67.6 Å². The smallest absolute Gasteiger partial charge is 0.216 e. The van der Waals surface area contributed by atoms with Crippen LogP contribution in [0.1, 0.15) is 20.8 Å². The average molecular weight is 501 g/mol. The Hall–Kier alpha value is -4.95. The van der Waals surface area contributed by atoms with Gasteiger partial charge >= 0.3 is 0 Å². The molecular formula is C33H22FN2O2+. The highest BCUT2D eigenvalue weighted by Gasteiger charge is 2.24. The molecule has 0 amide bonds. The van der Waals surface area contributed by atoms with Crippen LogP contribution in [0.2, 0.25) is 0 Å². The Balaban J connectivity index is 1.53. The van der Waals surface area contributed by atoms with Crippen molar-refractivity contribution in [3.8, 4) is 28.5 Å². The van der Waals surface area contributed by atoms with Crippen LogP contribution in [-0.2, 0) is 7.05 Å². The van der Waals surface area contributed by atoms with Gasteiger partial charge < -0.3 is 8.83 Å². The maximum atomic E-state index is 14.7. The molecule has 38 heavy (non-hydrogen) atoms. The number of nitrogens with zero attached hydrogens (tertiary/aromatic N) is 2. The molecule has 7 aromatic rings. The Kier molecular flexibility index (Phi) is 4.05. The van der Waals surface area contributed by atoms with Gasteiger partial charge in [-0.15, -0.1) is 0 Å². The van der Waals surface area contributed by atoms with Crippen LogP contribution in [0.3, 0.4) is 0 Å². The van der Waals surface area contributed by atoms with E-state index in [0.717, 1.165) is 38.6 Å². The Morgan fingerprint density at radius 1 is 0.868 bits per heavy atom. The van der Waals surface area contributed by atoms with Crippen molar-refractivity contribution in [2.45, 2.75) is 13.8 Å². The van der Waals surface area contributed by atoms with Crippen LogP contribution in [0.4, 0.5) is 4.39 Å². The molecule has 0 unspecified atom stereocenters. The summed E-state index contributed by atoms with van der Waals surface area (Å²) in [5.41, 5.74) is 6.24. The second kappa shape index (κ2) is 8.03. The predicted molar refractivity (Wildman–Crippen MR) is 147 cm³/mol. The summed E-state index contributed by atoms with van der Waals surface area (Å²) >= 11 is 0. The molecule has 0 saturated carbocycles. The molecule has 182 valence electrons. The van der Waals surface area contributed by atoms with Crippen LogP contribution < -0.4 is 4.57 Å². The minimum absolute atomic E-state index is 0.365. The van der Waals surface area contributed by atoms with E-state index in [0.29, 0.717) is 38.8 Å². The van der Waals surface area contributed by atoms with Gasteiger partial charge in [0.1, 0.15) is 29.4 Å². The molecule has 0 aliphatic rings. The summed E-state index contributed by atoms with van der Waals surface area (Å²) < 4.78 is 52.5. The molecule has 5 heteroatoms. The number of benzene rings is 4. The molecule has 3 heterocycles. The Bertz CT molecular complexity index is 2250. The van der Waals surface area contributed by atoms with Crippen LogP contribution in [0.25, 0.3) is 66.3 Å². The number of fused-ring (bicyclic) bond motifs is 6. The van der Waals surface area contributed by atoms with Crippen molar-refractivity contribution in [3.05, 3.63) is 102 Å². The molecule has 0 atom stereocenters. The van der Waals surface area contributed by atoms with E-state index < -0.39 is 12.7 Å². The van der Waals surface area contributed by atoms with E-state index in [1.54, 1.807) is 17.7 Å². The van der Waals surface area contributed by atoms with Gasteiger partial charge in [-0.3, -0.25) is 0 Å². The number of rotatable bonds is 2. The molecule has 0 N–H and O–H groups in total. The van der Waals surface area contributed by atoms with E-state index in [-0.39, 0.29) is 5.56 Å². The van der Waals surface area contributed by atoms with Gasteiger partial charge in [0.2, 0.25) is 11.9 Å². The summed E-state index contributed by atoms with van der Waals surface area (Å²) in [4.78, 5) is 0. The van der Waals surface area contributed by atoms with E-state index >= 15 is 0 Å². The minimum Gasteiger partial charge on any atom is -0.456 e. The zero-order valence-corrected chi connectivity index (χ0v) is 20.6. The number of pyridine rings is 1. The van der Waals surface area contributed by atoms with E-state index in [2.05, 4.69) is 6.07 Å². The van der Waals surface area contributed by atoms with Crippen molar-refractivity contribution >= 4 is 43.9 Å². The molecule has 0 bridgehead atoms. The molecular weight excluding hydrogens is 475 g/mol. The van der Waals surface area contributed by atoms with Gasteiger partial charge in [0.15, 0.2) is 5.82 Å². The first kappa shape index (κ1) is 19.2. The van der Waals surface area contributed by atoms with Gasteiger partial charge in [0.05, 0.1) is 17.2 Å². The lowest BCUT2D eigenvalue weighted by atomic mass is 9.96. The fourth-order valence-corrected chi connectivity index (χ4v) is 5.44. The Labute approximate surface area is 222 Å². The highest BCUT2D eigenvalue weighted by Crippen LogP contribution is 2.43. The summed E-state index contributed by atoms with van der Waals surface area (Å²) in [5, 5.41) is 13.4. The average Bonchev–Trinajstić information content (AvgIpc) is 3.51. The third kappa shape index (κ3) is 3.10. The van der Waals surface area contributed by atoms with Crippen LogP contribution in [-0.4, -0.2) is 0 Å². The van der Waals surface area contributed by atoms with Crippen LogP contribution in [0.5, 0.6) is 0 Å². The lowest BCUT2D eigenvalue weighted by Crippen LogP contribution is -2.31. The third-order valence-electron chi connectivity index (χ3n) is 7.29. The van der Waals surface area contributed by atoms with Gasteiger partial charge in [0.25, 0.3) is 0 Å². The number of furan rings is 2. The lowest BCUT2D eigenvalue weighted by molar-refractivity contribution is -0.662. The van der Waals surface area contributed by atoms with Crippen molar-refractivity contribution in [1.29, 1.82) is 5.26 Å². The number of aryl methyl sites for hydroxylation is 3. The highest BCUT2D eigenvalue weighted by atomic mass is 19.1. The van der Waals surface area contributed by atoms with Crippen LogP contribution >= 0.6 is 0 Å². The number of hydrogen-bond acceptors (Lipinski definition) is 3. The first-order chi connectivity index (χ1) is 19.7. The quantitative estimate of drug-likeness (QED) is 0.225. The molecule has 4 nitrogen and oxygen atoms in total. The first-order valence-electron chi connectivity index (χ1n) is 13.7. The molecule has 0 aliphatic carbocycles. The molecule has 3 aromatic heterocycles. The maximum absolute atomic E-state index is 14.7. The van der Waals surface area contributed by atoms with Gasteiger partial charge in [-0.05, 0) is 60.8 Å². The molecule has 7 rings (SSSR count). The number of halogens is 1. The Morgan fingerprint density at radius 3 is 2.53 bits per heavy atom. The molecule has 0 aliphatic heterocycles. The van der Waals surface area contributed by atoms with Crippen molar-refractivity contribution in [2.24, 2.45) is 7.05 Å². The topological polar surface area (TPSA) is 54.0 Å². The molecule has 0 spiro atoms. The second-order valence-corrected chi connectivity index (χ2v) is 9.55. The zero-order chi connectivity index (χ0) is 28.6. The maximum Gasteiger partial charge on any atom is 0.216 e. The number of nitriles is 1. The number of hydrogen-bond donors (Lipinski definition) is 0. The van der Waals surface area contributed by atoms with Gasteiger partial charge in [-0.1, -0.05) is 36.4 Å². The fraction of sp³-hybridized carbons (Fsp3) is 0.0909. The van der Waals surface area contributed by atoms with E-state index in [1.165, 1.54) is 12.3 Å². The summed E-state index contributed by atoms with van der Waals surface area (Å²) in [6, 6.07) is 25.0. The second-order valence-electron chi connectivity index (χ2n) is 9.55. The highest BCUT2D eigenvalue weighted by molar-refractivity contribution is 6.16. The van der Waals surface area contributed by atoms with Crippen molar-refractivity contribution < 1.29 is 21.9 Å². The summed E-state index contributed by atoms with van der Waals surface area (Å²) in [6.45, 7) is -0.735. The summed E-state index contributed by atoms with van der Waals surface area (Å²) in [6.07, 6.45) is 1.17. The predicted octanol–water partition coefficient (Wildman–Crippen LogP) is 8.27. The van der Waals surface area contributed by atoms with E-state index in [9.17, 15) is 9.65 Å². The van der Waals surface area contributed by atoms with Crippen LogP contribution in [0.15, 0.2) is 87.8 Å². The standard InChI is InChI=1S/C33H22FN2O2/c1-18-8-11-25-31-21(16-35)10-12-22(20-9-13-24-23-6-4-5-7-28(23)37-29(24)15-20)32(31)38-33(25)30(18)27-14-19(2)26(34)17-36(27)3/h4-15,17H,1-3H3/q+1/i2D3. The third-order valence-corrected chi connectivity index (χ3v) is 7.29. The van der Waals surface area contributed by atoms with Crippen molar-refractivity contribution in [1.82, 2.24) is 0 Å². The molecule has 4 aromatic carbocycles. The largest absolute Gasteiger partial charge is 0.456 e. The molecule has 0 radical (unpaired) electrons.